The average Bonchev–Trinajstić information content (AvgIpc) is 3.32. The Bertz CT molecular complexity index is 515. The lowest BCUT2D eigenvalue weighted by molar-refractivity contribution is 0.414. The van der Waals surface area contributed by atoms with Crippen molar-refractivity contribution < 1.29 is 0 Å². The summed E-state index contributed by atoms with van der Waals surface area (Å²) >= 11 is 1.67. The van der Waals surface area contributed by atoms with E-state index in [1.54, 1.807) is 11.8 Å². The minimum absolute atomic E-state index is 0.300. The van der Waals surface area contributed by atoms with E-state index in [4.69, 9.17) is 0 Å². The molecule has 0 radical (unpaired) electrons. The van der Waals surface area contributed by atoms with E-state index in [1.165, 1.54) is 25.7 Å². The monoisotopic (exact) mass is 292 g/mol. The molecule has 6 nitrogen and oxygen atoms in total. The molecule has 2 unspecified atom stereocenters. The second-order valence-electron chi connectivity index (χ2n) is 6.13. The second kappa shape index (κ2) is 5.34. The lowest BCUT2D eigenvalue weighted by Crippen LogP contribution is -2.44. The molecule has 2 fully saturated rings. The van der Waals surface area contributed by atoms with Crippen molar-refractivity contribution in [2.75, 3.05) is 0 Å². The Morgan fingerprint density at radius 3 is 2.85 bits per heavy atom. The summed E-state index contributed by atoms with van der Waals surface area (Å²) in [7, 11) is 0. The average molecular weight is 292 g/mol. The van der Waals surface area contributed by atoms with Crippen LogP contribution in [0.1, 0.15) is 52.0 Å². The zero-order chi connectivity index (χ0) is 14.2. The van der Waals surface area contributed by atoms with Crippen LogP contribution >= 0.6 is 11.8 Å². The number of rotatable bonds is 7. The molecule has 2 saturated carbocycles. The van der Waals surface area contributed by atoms with Crippen LogP contribution in [0.2, 0.25) is 0 Å². The van der Waals surface area contributed by atoms with E-state index in [9.17, 15) is 5.26 Å². The van der Waals surface area contributed by atoms with E-state index in [1.807, 2.05) is 11.6 Å². The summed E-state index contributed by atoms with van der Waals surface area (Å²) in [5.41, 5.74) is -0.453. The molecule has 0 aliphatic heterocycles. The third-order valence-electron chi connectivity index (χ3n) is 3.70. The number of nitrogens with zero attached hydrogens (tertiary/aromatic N) is 5. The van der Waals surface area contributed by atoms with Crippen LogP contribution in [-0.4, -0.2) is 37.0 Å². The molecule has 108 valence electrons. The van der Waals surface area contributed by atoms with Gasteiger partial charge in [-0.15, -0.1) is 5.10 Å². The maximum Gasteiger partial charge on any atom is 0.209 e. The van der Waals surface area contributed by atoms with Crippen LogP contribution in [0.4, 0.5) is 0 Å². The highest BCUT2D eigenvalue weighted by Gasteiger charge is 2.35. The predicted octanol–water partition coefficient (Wildman–Crippen LogP) is 1.91. The summed E-state index contributed by atoms with van der Waals surface area (Å²) in [5.74, 6) is 0. The first-order valence-electron chi connectivity index (χ1n) is 7.23. The van der Waals surface area contributed by atoms with Crippen molar-refractivity contribution in [3.8, 4) is 6.07 Å². The summed E-state index contributed by atoms with van der Waals surface area (Å²) in [4.78, 5) is 0. The summed E-state index contributed by atoms with van der Waals surface area (Å²) in [6, 6.07) is 3.46. The Labute approximate surface area is 123 Å². The Kier molecular flexibility index (Phi) is 3.69. The van der Waals surface area contributed by atoms with E-state index >= 15 is 0 Å². The standard InChI is InChI=1S/C13H20N6S/c1-9(7-13(2,8-14)15-10-3-4-10)20-12-16-17-18-19(12)11-5-6-11/h9-11,15H,3-7H2,1-2H3. The van der Waals surface area contributed by atoms with Gasteiger partial charge in [0.15, 0.2) is 0 Å². The molecule has 0 bridgehead atoms. The van der Waals surface area contributed by atoms with Gasteiger partial charge in [-0.05, 0) is 49.5 Å². The third kappa shape index (κ3) is 3.30. The van der Waals surface area contributed by atoms with Crippen LogP contribution in [0.25, 0.3) is 0 Å². The van der Waals surface area contributed by atoms with Gasteiger partial charge in [-0.1, -0.05) is 18.7 Å². The zero-order valence-electron chi connectivity index (χ0n) is 11.9. The summed E-state index contributed by atoms with van der Waals surface area (Å²) in [6.07, 6.45) is 5.53. The van der Waals surface area contributed by atoms with Gasteiger partial charge in [-0.25, -0.2) is 4.68 Å². The fourth-order valence-electron chi connectivity index (χ4n) is 2.42. The maximum absolute atomic E-state index is 9.42. The van der Waals surface area contributed by atoms with E-state index in [0.29, 0.717) is 17.3 Å². The molecule has 0 amide bonds. The molecular formula is C13H20N6S. The number of thioether (sulfide) groups is 1. The molecule has 20 heavy (non-hydrogen) atoms. The number of hydrogen-bond acceptors (Lipinski definition) is 6. The maximum atomic E-state index is 9.42. The van der Waals surface area contributed by atoms with Gasteiger partial charge in [0.25, 0.3) is 0 Å². The van der Waals surface area contributed by atoms with Crippen LogP contribution in [0.15, 0.2) is 5.16 Å². The molecule has 1 N–H and O–H groups in total. The first-order valence-corrected chi connectivity index (χ1v) is 8.11. The Morgan fingerprint density at radius 1 is 1.50 bits per heavy atom. The van der Waals surface area contributed by atoms with Crippen molar-refractivity contribution in [3.05, 3.63) is 0 Å². The van der Waals surface area contributed by atoms with Crippen LogP contribution in [0, 0.1) is 11.3 Å². The van der Waals surface area contributed by atoms with Gasteiger partial charge in [-0.3, -0.25) is 5.32 Å². The Morgan fingerprint density at radius 2 is 2.25 bits per heavy atom. The van der Waals surface area contributed by atoms with Crippen molar-refractivity contribution >= 4 is 11.8 Å². The molecule has 1 aromatic rings. The molecule has 0 aromatic carbocycles. The zero-order valence-corrected chi connectivity index (χ0v) is 12.7. The molecule has 3 rings (SSSR count). The van der Waals surface area contributed by atoms with Crippen LogP contribution in [-0.2, 0) is 0 Å². The lowest BCUT2D eigenvalue weighted by atomic mass is 9.98. The highest BCUT2D eigenvalue weighted by atomic mass is 32.2. The molecule has 1 aromatic heterocycles. The van der Waals surface area contributed by atoms with Crippen molar-refractivity contribution in [1.29, 1.82) is 5.26 Å². The SMILES string of the molecule is CC(CC(C)(C#N)NC1CC1)Sc1nnnn1C1CC1. The molecule has 2 aliphatic carbocycles. The molecule has 2 aliphatic rings. The molecule has 7 heteroatoms. The van der Waals surface area contributed by atoms with E-state index < -0.39 is 5.54 Å². The molecule has 0 saturated heterocycles. The highest BCUT2D eigenvalue weighted by Crippen LogP contribution is 2.38. The highest BCUT2D eigenvalue weighted by molar-refractivity contribution is 7.99. The van der Waals surface area contributed by atoms with Crippen LogP contribution < -0.4 is 5.32 Å². The molecule has 0 spiro atoms. The number of tetrazole rings is 1. The second-order valence-corrected chi connectivity index (χ2v) is 7.54. The van der Waals surface area contributed by atoms with Gasteiger partial charge < -0.3 is 0 Å². The van der Waals surface area contributed by atoms with Crippen molar-refractivity contribution in [2.24, 2.45) is 0 Å². The topological polar surface area (TPSA) is 79.4 Å². The summed E-state index contributed by atoms with van der Waals surface area (Å²) < 4.78 is 1.93. The quantitative estimate of drug-likeness (QED) is 0.773. The first-order chi connectivity index (χ1) is 9.59. The predicted molar refractivity (Wildman–Crippen MR) is 76.2 cm³/mol. The normalized spacial score (nSPS) is 23.1. The molecule has 2 atom stereocenters. The van der Waals surface area contributed by atoms with Crippen molar-refractivity contribution in [1.82, 2.24) is 25.5 Å². The van der Waals surface area contributed by atoms with Gasteiger partial charge in [-0.2, -0.15) is 5.26 Å². The fourth-order valence-corrected chi connectivity index (χ4v) is 3.58. The number of nitriles is 1. The molecule has 1 heterocycles. The third-order valence-corrected chi connectivity index (χ3v) is 4.75. The number of nitrogens with one attached hydrogen (secondary N) is 1. The Hall–Kier alpha value is -1.13. The van der Waals surface area contributed by atoms with Gasteiger partial charge in [0, 0.05) is 11.3 Å². The van der Waals surface area contributed by atoms with Gasteiger partial charge in [0.05, 0.1) is 12.1 Å². The minimum Gasteiger partial charge on any atom is -0.297 e. The van der Waals surface area contributed by atoms with E-state index in [2.05, 4.69) is 33.8 Å². The van der Waals surface area contributed by atoms with Gasteiger partial charge in [0.1, 0.15) is 5.54 Å². The van der Waals surface area contributed by atoms with Crippen molar-refractivity contribution in [2.45, 2.75) is 74.0 Å². The molecular weight excluding hydrogens is 272 g/mol. The first kappa shape index (κ1) is 13.8. The summed E-state index contributed by atoms with van der Waals surface area (Å²) in [6.45, 7) is 4.13. The van der Waals surface area contributed by atoms with Gasteiger partial charge >= 0.3 is 0 Å². The van der Waals surface area contributed by atoms with Crippen LogP contribution in [0.3, 0.4) is 0 Å². The largest absolute Gasteiger partial charge is 0.297 e. The fraction of sp³-hybridized carbons (Fsp3) is 0.846. The lowest BCUT2D eigenvalue weighted by Gasteiger charge is -2.26. The smallest absolute Gasteiger partial charge is 0.209 e. The minimum atomic E-state index is -0.453. The van der Waals surface area contributed by atoms with E-state index in [0.717, 1.165) is 11.6 Å². The number of aromatic nitrogens is 4. The van der Waals surface area contributed by atoms with Crippen LogP contribution in [0.5, 0.6) is 0 Å². The Balaban J connectivity index is 1.59. The summed E-state index contributed by atoms with van der Waals surface area (Å²) in [5, 5.41) is 26.0. The number of hydrogen-bond donors (Lipinski definition) is 1. The van der Waals surface area contributed by atoms with E-state index in [-0.39, 0.29) is 0 Å². The van der Waals surface area contributed by atoms with Crippen molar-refractivity contribution in [3.63, 3.8) is 0 Å². The van der Waals surface area contributed by atoms with Gasteiger partial charge in [0.2, 0.25) is 5.16 Å².